The van der Waals surface area contributed by atoms with E-state index in [-0.39, 0.29) is 53.7 Å². The Morgan fingerprint density at radius 2 is 1.78 bits per heavy atom. The quantitative estimate of drug-likeness (QED) is 0.235. The van der Waals surface area contributed by atoms with Gasteiger partial charge in [-0.3, -0.25) is 5.41 Å². The molecule has 0 aliphatic carbocycles. The molecule has 1 fully saturated rings. The molecule has 1 atom stereocenters. The zero-order chi connectivity index (χ0) is 26.1. The molecule has 3 N–H and O–H groups in total. The van der Waals surface area contributed by atoms with Crippen LogP contribution >= 0.6 is 12.4 Å². The zero-order valence-corrected chi connectivity index (χ0v) is 19.9. The van der Waals surface area contributed by atoms with Gasteiger partial charge in [-0.15, -0.1) is 12.4 Å². The molecule has 200 valence electrons. The smallest absolute Gasteiger partial charge is 0.419 e. The molecular formula is C23H22ClF6N5O2. The molecule has 0 amide bonds. The van der Waals surface area contributed by atoms with Crippen molar-refractivity contribution in [2.75, 3.05) is 13.1 Å². The first kappa shape index (κ1) is 28.1. The first-order valence-electron chi connectivity index (χ1n) is 10.8. The van der Waals surface area contributed by atoms with E-state index in [4.69, 9.17) is 20.4 Å². The van der Waals surface area contributed by atoms with Gasteiger partial charge in [0.05, 0.1) is 17.0 Å². The number of nitrogens with two attached hydrogens (primary N) is 1. The number of rotatable bonds is 5. The molecule has 1 unspecified atom stereocenters. The fraction of sp³-hybridized carbons (Fsp3) is 0.348. The number of alkyl halides is 6. The molecule has 7 nitrogen and oxygen atoms in total. The third-order valence-electron chi connectivity index (χ3n) is 5.77. The van der Waals surface area contributed by atoms with Gasteiger partial charge in [0, 0.05) is 18.7 Å². The number of nitrogens with one attached hydrogen (secondary N) is 1. The van der Waals surface area contributed by atoms with Gasteiger partial charge in [-0.25, -0.2) is 0 Å². The molecule has 2 heterocycles. The van der Waals surface area contributed by atoms with Crippen LogP contribution in [0.15, 0.2) is 47.0 Å². The summed E-state index contributed by atoms with van der Waals surface area (Å²) in [6.45, 7) is 0.651. The number of guanidine groups is 1. The highest BCUT2D eigenvalue weighted by molar-refractivity contribution is 5.85. The van der Waals surface area contributed by atoms with E-state index < -0.39 is 29.2 Å². The van der Waals surface area contributed by atoms with Crippen LogP contribution in [0.3, 0.4) is 0 Å². The molecule has 1 aliphatic rings. The molecule has 1 aromatic heterocycles. The number of benzene rings is 2. The molecule has 0 saturated carbocycles. The number of nitrogens with zero attached hydrogens (tertiary/aromatic N) is 3. The first-order chi connectivity index (χ1) is 16.9. The third kappa shape index (κ3) is 6.64. The Balaban J connectivity index is 0.00000380. The number of hydrogen-bond acceptors (Lipinski definition) is 5. The lowest BCUT2D eigenvalue weighted by Gasteiger charge is -2.30. The van der Waals surface area contributed by atoms with Gasteiger partial charge in [-0.05, 0) is 48.7 Å². The van der Waals surface area contributed by atoms with E-state index in [0.717, 1.165) is 42.8 Å². The van der Waals surface area contributed by atoms with Crippen molar-refractivity contribution in [3.8, 4) is 17.1 Å². The Bertz CT molecular complexity index is 1230. The van der Waals surface area contributed by atoms with Crippen LogP contribution < -0.4 is 10.5 Å². The van der Waals surface area contributed by atoms with E-state index in [9.17, 15) is 26.3 Å². The van der Waals surface area contributed by atoms with Crippen molar-refractivity contribution in [2.24, 2.45) is 5.73 Å². The molecule has 0 spiro atoms. The van der Waals surface area contributed by atoms with Crippen molar-refractivity contribution in [3.05, 3.63) is 65.0 Å². The largest absolute Gasteiger partial charge is 0.488 e. The van der Waals surface area contributed by atoms with Crippen LogP contribution in [0.4, 0.5) is 26.3 Å². The number of hydrogen-bond donors (Lipinski definition) is 2. The number of halogens is 7. The summed E-state index contributed by atoms with van der Waals surface area (Å²) < 4.78 is 90.0. The summed E-state index contributed by atoms with van der Waals surface area (Å²) in [4.78, 5) is 5.91. The highest BCUT2D eigenvalue weighted by Gasteiger charge is 2.36. The monoisotopic (exact) mass is 549 g/mol. The lowest BCUT2D eigenvalue weighted by Crippen LogP contribution is -2.42. The summed E-state index contributed by atoms with van der Waals surface area (Å²) in [7, 11) is 0. The standard InChI is InChI=1S/C23H21F6N5O2.ClH/c24-22(25,26)16-6-3-13(4-7-16)12-35-18-8-5-14(10-17(18)23(27,28)29)19-32-20(36-33-19)15-2-1-9-34(11-15)21(30)31;/h3-8,10,15H,1-2,9,11-12H2,(H3,30,31);1H. The maximum absolute atomic E-state index is 13.8. The van der Waals surface area contributed by atoms with Crippen LogP contribution in [0.25, 0.3) is 11.4 Å². The van der Waals surface area contributed by atoms with Gasteiger partial charge in [0.1, 0.15) is 12.4 Å². The second-order valence-corrected chi connectivity index (χ2v) is 8.32. The lowest BCUT2D eigenvalue weighted by molar-refractivity contribution is -0.139. The highest BCUT2D eigenvalue weighted by atomic mass is 35.5. The normalized spacial score (nSPS) is 16.3. The summed E-state index contributed by atoms with van der Waals surface area (Å²) in [6, 6.07) is 7.24. The Hall–Kier alpha value is -3.48. The lowest BCUT2D eigenvalue weighted by atomic mass is 9.98. The maximum Gasteiger partial charge on any atom is 0.419 e. The average Bonchev–Trinajstić information content (AvgIpc) is 3.32. The van der Waals surface area contributed by atoms with Crippen molar-refractivity contribution in [1.82, 2.24) is 15.0 Å². The van der Waals surface area contributed by atoms with E-state index in [1.54, 1.807) is 4.90 Å². The van der Waals surface area contributed by atoms with E-state index >= 15 is 0 Å². The summed E-state index contributed by atoms with van der Waals surface area (Å²) in [5.41, 5.74) is 3.92. The van der Waals surface area contributed by atoms with Crippen LogP contribution in [0.1, 0.15) is 41.3 Å². The predicted octanol–water partition coefficient (Wildman–Crippen LogP) is 5.85. The van der Waals surface area contributed by atoms with E-state index in [2.05, 4.69) is 10.1 Å². The average molecular weight is 550 g/mol. The predicted molar refractivity (Wildman–Crippen MR) is 123 cm³/mol. The molecule has 14 heteroatoms. The van der Waals surface area contributed by atoms with Crippen molar-refractivity contribution in [2.45, 2.75) is 37.7 Å². The van der Waals surface area contributed by atoms with E-state index in [1.807, 2.05) is 0 Å². The van der Waals surface area contributed by atoms with Gasteiger partial charge in [0.15, 0.2) is 5.96 Å². The summed E-state index contributed by atoms with van der Waals surface area (Å²) >= 11 is 0. The second-order valence-electron chi connectivity index (χ2n) is 8.32. The van der Waals surface area contributed by atoms with Crippen LogP contribution in [0, 0.1) is 5.41 Å². The van der Waals surface area contributed by atoms with Gasteiger partial charge in [0.25, 0.3) is 0 Å². The van der Waals surface area contributed by atoms with Crippen LogP contribution in [-0.2, 0) is 19.0 Å². The molecular weight excluding hydrogens is 528 g/mol. The minimum atomic E-state index is -4.77. The Labute approximate surface area is 213 Å². The zero-order valence-electron chi connectivity index (χ0n) is 19.1. The molecule has 3 aromatic rings. The maximum atomic E-state index is 13.8. The van der Waals surface area contributed by atoms with E-state index in [0.29, 0.717) is 19.5 Å². The SMILES string of the molecule is Cl.N=C(N)N1CCCC(c2nc(-c3ccc(OCc4ccc(C(F)(F)F)cc4)c(C(F)(F)F)c3)no2)C1. The van der Waals surface area contributed by atoms with Crippen molar-refractivity contribution in [3.63, 3.8) is 0 Å². The third-order valence-corrected chi connectivity index (χ3v) is 5.77. The van der Waals surface area contributed by atoms with Gasteiger partial charge in [-0.2, -0.15) is 31.3 Å². The van der Waals surface area contributed by atoms with Gasteiger partial charge in [0.2, 0.25) is 11.7 Å². The molecule has 1 saturated heterocycles. The Morgan fingerprint density at radius 3 is 2.41 bits per heavy atom. The van der Waals surface area contributed by atoms with Gasteiger partial charge in [-0.1, -0.05) is 17.3 Å². The Kier molecular flexibility index (Phi) is 8.25. The second kappa shape index (κ2) is 10.9. The van der Waals surface area contributed by atoms with Crippen molar-refractivity contribution in [1.29, 1.82) is 5.41 Å². The minimum Gasteiger partial charge on any atom is -0.488 e. The Morgan fingerprint density at radius 1 is 1.08 bits per heavy atom. The summed E-state index contributed by atoms with van der Waals surface area (Å²) in [5.74, 6) is -0.574. The number of aromatic nitrogens is 2. The summed E-state index contributed by atoms with van der Waals surface area (Å²) in [6.07, 6.45) is -7.85. The summed E-state index contributed by atoms with van der Waals surface area (Å²) in [5, 5.41) is 11.4. The highest BCUT2D eigenvalue weighted by Crippen LogP contribution is 2.39. The minimum absolute atomic E-state index is 0. The molecule has 1 aliphatic heterocycles. The molecule has 4 rings (SSSR count). The molecule has 2 aromatic carbocycles. The van der Waals surface area contributed by atoms with Gasteiger partial charge < -0.3 is 19.9 Å². The van der Waals surface area contributed by atoms with E-state index in [1.165, 1.54) is 6.07 Å². The van der Waals surface area contributed by atoms with Crippen LogP contribution in [0.2, 0.25) is 0 Å². The van der Waals surface area contributed by atoms with Crippen molar-refractivity contribution >= 4 is 18.4 Å². The molecule has 37 heavy (non-hydrogen) atoms. The van der Waals surface area contributed by atoms with Crippen LogP contribution in [-0.4, -0.2) is 34.1 Å². The number of piperidine rings is 1. The fourth-order valence-electron chi connectivity index (χ4n) is 3.88. The molecule has 0 radical (unpaired) electrons. The van der Waals surface area contributed by atoms with Crippen molar-refractivity contribution < 1.29 is 35.6 Å². The number of likely N-dealkylation sites (tertiary alicyclic amines) is 1. The fourth-order valence-corrected chi connectivity index (χ4v) is 3.88. The number of ether oxygens (including phenoxy) is 1. The molecule has 0 bridgehead atoms. The van der Waals surface area contributed by atoms with Gasteiger partial charge >= 0.3 is 12.4 Å². The van der Waals surface area contributed by atoms with Crippen LogP contribution in [0.5, 0.6) is 5.75 Å². The topological polar surface area (TPSA) is 101 Å². The first-order valence-corrected chi connectivity index (χ1v) is 10.8.